The molecule has 1 aromatic rings. The second kappa shape index (κ2) is 6.35. The fourth-order valence-electron chi connectivity index (χ4n) is 2.70. The number of aromatic nitrogens is 1. The Morgan fingerprint density at radius 2 is 2.16 bits per heavy atom. The largest absolute Gasteiger partial charge is 0.372 e. The summed E-state index contributed by atoms with van der Waals surface area (Å²) in [5.41, 5.74) is 5.76. The average Bonchev–Trinajstić information content (AvgIpc) is 2.44. The van der Waals surface area contributed by atoms with Gasteiger partial charge in [-0.1, -0.05) is 13.0 Å². The van der Waals surface area contributed by atoms with Crippen LogP contribution in [0.4, 0.5) is 0 Å². The molecule has 0 atom stereocenters. The summed E-state index contributed by atoms with van der Waals surface area (Å²) in [6.45, 7) is 4.00. The zero-order chi connectivity index (χ0) is 13.7. The molecule has 1 fully saturated rings. The molecule has 1 aliphatic rings. The first-order chi connectivity index (χ1) is 9.15. The van der Waals surface area contributed by atoms with E-state index in [-0.39, 0.29) is 11.2 Å². The molecule has 0 aliphatic heterocycles. The van der Waals surface area contributed by atoms with Gasteiger partial charge in [0, 0.05) is 25.4 Å². The molecule has 0 aromatic carbocycles. The van der Waals surface area contributed by atoms with Crippen molar-refractivity contribution in [1.82, 2.24) is 4.57 Å². The lowest BCUT2D eigenvalue weighted by Crippen LogP contribution is -2.44. The number of nitrogens with zero attached hydrogens (tertiary/aromatic N) is 1. The summed E-state index contributed by atoms with van der Waals surface area (Å²) < 4.78 is 7.72. The Balaban J connectivity index is 1.87. The highest BCUT2D eigenvalue weighted by Crippen LogP contribution is 2.33. The van der Waals surface area contributed by atoms with Crippen LogP contribution in [0.2, 0.25) is 0 Å². The number of hydrogen-bond acceptors (Lipinski definition) is 3. The summed E-state index contributed by atoms with van der Waals surface area (Å²) in [6, 6.07) is 5.19. The molecular formula is C15H24N2O2. The van der Waals surface area contributed by atoms with Gasteiger partial charge in [0.1, 0.15) is 0 Å². The van der Waals surface area contributed by atoms with Gasteiger partial charge in [0.2, 0.25) is 0 Å². The van der Waals surface area contributed by atoms with E-state index < -0.39 is 0 Å². The molecule has 0 amide bonds. The monoisotopic (exact) mass is 264 g/mol. The topological polar surface area (TPSA) is 57.2 Å². The number of hydrogen-bond donors (Lipinski definition) is 1. The summed E-state index contributed by atoms with van der Waals surface area (Å²) >= 11 is 0. The van der Waals surface area contributed by atoms with Crippen LogP contribution in [0.3, 0.4) is 0 Å². The molecule has 1 saturated carbocycles. The van der Waals surface area contributed by atoms with Crippen LogP contribution < -0.4 is 11.3 Å². The standard InChI is InChI=1S/C15H24N2O2/c1-13-5-7-15(12-16,8-6-13)19-11-10-17-9-3-2-4-14(17)18/h2-4,9,13H,5-8,10-12,16H2,1H3. The summed E-state index contributed by atoms with van der Waals surface area (Å²) in [4.78, 5) is 11.6. The third-order valence-electron chi connectivity index (χ3n) is 4.20. The lowest BCUT2D eigenvalue weighted by Gasteiger charge is -2.38. The predicted molar refractivity (Wildman–Crippen MR) is 76.1 cm³/mol. The summed E-state index contributed by atoms with van der Waals surface area (Å²) in [6.07, 6.45) is 6.23. The van der Waals surface area contributed by atoms with Crippen LogP contribution in [0.15, 0.2) is 29.2 Å². The third-order valence-corrected chi connectivity index (χ3v) is 4.20. The number of pyridine rings is 1. The zero-order valence-electron chi connectivity index (χ0n) is 11.7. The minimum Gasteiger partial charge on any atom is -0.372 e. The van der Waals surface area contributed by atoms with Crippen molar-refractivity contribution in [2.45, 2.75) is 44.8 Å². The van der Waals surface area contributed by atoms with Crippen molar-refractivity contribution in [2.24, 2.45) is 11.7 Å². The van der Waals surface area contributed by atoms with Gasteiger partial charge >= 0.3 is 0 Å². The summed E-state index contributed by atoms with van der Waals surface area (Å²) in [5, 5.41) is 0. The van der Waals surface area contributed by atoms with E-state index in [2.05, 4.69) is 6.92 Å². The SMILES string of the molecule is CC1CCC(CN)(OCCn2ccccc2=O)CC1. The Morgan fingerprint density at radius 1 is 1.42 bits per heavy atom. The highest BCUT2D eigenvalue weighted by molar-refractivity contribution is 4.93. The fraction of sp³-hybridized carbons (Fsp3) is 0.667. The van der Waals surface area contributed by atoms with Gasteiger partial charge in [-0.2, -0.15) is 0 Å². The number of nitrogens with two attached hydrogens (primary N) is 1. The first kappa shape index (κ1) is 14.3. The lowest BCUT2D eigenvalue weighted by molar-refractivity contribution is -0.0727. The van der Waals surface area contributed by atoms with E-state index >= 15 is 0 Å². The van der Waals surface area contributed by atoms with Gasteiger partial charge in [-0.3, -0.25) is 4.79 Å². The van der Waals surface area contributed by atoms with Gasteiger partial charge in [0.05, 0.1) is 12.2 Å². The first-order valence-corrected chi connectivity index (χ1v) is 7.15. The second-order valence-corrected chi connectivity index (χ2v) is 5.65. The third kappa shape index (κ3) is 3.67. The Bertz CT molecular complexity index is 447. The molecule has 1 heterocycles. The molecule has 4 nitrogen and oxygen atoms in total. The van der Waals surface area contributed by atoms with E-state index in [0.29, 0.717) is 19.7 Å². The van der Waals surface area contributed by atoms with Gasteiger partial charge in [-0.05, 0) is 37.7 Å². The van der Waals surface area contributed by atoms with Crippen molar-refractivity contribution in [3.8, 4) is 0 Å². The van der Waals surface area contributed by atoms with E-state index in [4.69, 9.17) is 10.5 Å². The number of ether oxygens (including phenoxy) is 1. The van der Waals surface area contributed by atoms with Crippen molar-refractivity contribution in [2.75, 3.05) is 13.2 Å². The van der Waals surface area contributed by atoms with E-state index in [0.717, 1.165) is 18.8 Å². The summed E-state index contributed by atoms with van der Waals surface area (Å²) in [5.74, 6) is 0.778. The maximum Gasteiger partial charge on any atom is 0.250 e. The van der Waals surface area contributed by atoms with Crippen LogP contribution in [-0.4, -0.2) is 23.3 Å². The van der Waals surface area contributed by atoms with Crippen molar-refractivity contribution in [3.63, 3.8) is 0 Å². The Hall–Kier alpha value is -1.13. The Kier molecular flexibility index (Phi) is 4.77. The Morgan fingerprint density at radius 3 is 2.79 bits per heavy atom. The molecule has 1 aromatic heterocycles. The second-order valence-electron chi connectivity index (χ2n) is 5.65. The lowest BCUT2D eigenvalue weighted by atomic mass is 9.79. The van der Waals surface area contributed by atoms with Crippen molar-refractivity contribution < 1.29 is 4.74 Å². The van der Waals surface area contributed by atoms with Gasteiger partial charge in [0.15, 0.2) is 0 Å². The molecule has 0 spiro atoms. The molecule has 2 rings (SSSR count). The van der Waals surface area contributed by atoms with E-state index in [9.17, 15) is 4.79 Å². The molecule has 0 radical (unpaired) electrons. The smallest absolute Gasteiger partial charge is 0.250 e. The minimum atomic E-state index is -0.162. The van der Waals surface area contributed by atoms with Crippen LogP contribution in [0.25, 0.3) is 0 Å². The fourth-order valence-corrected chi connectivity index (χ4v) is 2.70. The van der Waals surface area contributed by atoms with Gasteiger partial charge in [-0.25, -0.2) is 0 Å². The normalized spacial score (nSPS) is 27.4. The predicted octanol–water partition coefficient (Wildman–Crippen LogP) is 1.77. The van der Waals surface area contributed by atoms with E-state index in [1.807, 2.05) is 6.07 Å². The molecule has 0 unspecified atom stereocenters. The Labute approximate surface area is 114 Å². The van der Waals surface area contributed by atoms with Gasteiger partial charge in [0.25, 0.3) is 5.56 Å². The summed E-state index contributed by atoms with van der Waals surface area (Å²) in [7, 11) is 0. The minimum absolute atomic E-state index is 0.0187. The maximum atomic E-state index is 11.6. The highest BCUT2D eigenvalue weighted by Gasteiger charge is 2.33. The average molecular weight is 264 g/mol. The quantitative estimate of drug-likeness (QED) is 0.882. The molecule has 0 bridgehead atoms. The van der Waals surface area contributed by atoms with Gasteiger partial charge in [-0.15, -0.1) is 0 Å². The molecule has 19 heavy (non-hydrogen) atoms. The number of rotatable bonds is 5. The molecular weight excluding hydrogens is 240 g/mol. The van der Waals surface area contributed by atoms with Crippen molar-refractivity contribution in [1.29, 1.82) is 0 Å². The molecule has 106 valence electrons. The van der Waals surface area contributed by atoms with Crippen LogP contribution >= 0.6 is 0 Å². The molecule has 2 N–H and O–H groups in total. The first-order valence-electron chi connectivity index (χ1n) is 7.15. The highest BCUT2D eigenvalue weighted by atomic mass is 16.5. The molecule has 1 aliphatic carbocycles. The van der Waals surface area contributed by atoms with Crippen molar-refractivity contribution >= 4 is 0 Å². The zero-order valence-corrected chi connectivity index (χ0v) is 11.7. The van der Waals surface area contributed by atoms with Crippen LogP contribution in [0.5, 0.6) is 0 Å². The molecule has 4 heteroatoms. The van der Waals surface area contributed by atoms with Crippen LogP contribution in [-0.2, 0) is 11.3 Å². The van der Waals surface area contributed by atoms with E-state index in [1.54, 1.807) is 22.9 Å². The van der Waals surface area contributed by atoms with Crippen LogP contribution in [0, 0.1) is 5.92 Å². The van der Waals surface area contributed by atoms with Crippen LogP contribution in [0.1, 0.15) is 32.6 Å². The van der Waals surface area contributed by atoms with Gasteiger partial charge < -0.3 is 15.0 Å². The maximum absolute atomic E-state index is 11.6. The van der Waals surface area contributed by atoms with Crippen molar-refractivity contribution in [3.05, 3.63) is 34.7 Å². The van der Waals surface area contributed by atoms with E-state index in [1.165, 1.54) is 12.8 Å². The molecule has 0 saturated heterocycles.